The van der Waals surface area contributed by atoms with Gasteiger partial charge >= 0.3 is 0 Å². The average molecular weight is 401 g/mol. The number of aryl methyl sites for hydroxylation is 1. The van der Waals surface area contributed by atoms with E-state index in [9.17, 15) is 17.6 Å². The van der Waals surface area contributed by atoms with E-state index < -0.39 is 16.0 Å². The van der Waals surface area contributed by atoms with Crippen molar-refractivity contribution in [1.82, 2.24) is 4.98 Å². The van der Waals surface area contributed by atoms with Crippen LogP contribution in [0.15, 0.2) is 54.6 Å². The number of benzene rings is 2. The van der Waals surface area contributed by atoms with Gasteiger partial charge in [-0.2, -0.15) is 8.42 Å². The second-order valence-electron chi connectivity index (χ2n) is 6.63. The molecule has 0 bridgehead atoms. The molecule has 0 saturated carbocycles. The van der Waals surface area contributed by atoms with Gasteiger partial charge in [0.2, 0.25) is 5.78 Å². The summed E-state index contributed by atoms with van der Waals surface area (Å²) in [5.74, 6) is -1.10. The van der Waals surface area contributed by atoms with Gasteiger partial charge in [-0.15, -0.1) is 0 Å². The number of aromatic nitrogens is 1. The minimum absolute atomic E-state index is 0.0395. The fraction of sp³-hybridized carbons (Fsp3) is 0.150. The molecule has 0 fully saturated rings. The van der Waals surface area contributed by atoms with Gasteiger partial charge in [0.1, 0.15) is 5.82 Å². The summed E-state index contributed by atoms with van der Waals surface area (Å²) in [7, 11) is -3.97. The smallest absolute Gasteiger partial charge is 0.296 e. The van der Waals surface area contributed by atoms with Crippen molar-refractivity contribution >= 4 is 21.7 Å². The zero-order chi connectivity index (χ0) is 20.5. The topological polar surface area (TPSA) is 105 Å². The lowest BCUT2D eigenvalue weighted by molar-refractivity contribution is 0.103. The molecule has 1 unspecified atom stereocenters. The molecule has 0 radical (unpaired) electrons. The molecular formula is C20H20FN3O3S. The van der Waals surface area contributed by atoms with E-state index in [1.165, 1.54) is 12.1 Å². The van der Waals surface area contributed by atoms with E-state index in [1.54, 1.807) is 31.2 Å². The van der Waals surface area contributed by atoms with Gasteiger partial charge in [0.25, 0.3) is 10.2 Å². The first-order valence-corrected chi connectivity index (χ1v) is 10.1. The molecule has 3 aromatic rings. The van der Waals surface area contributed by atoms with E-state index in [0.29, 0.717) is 22.5 Å². The standard InChI is InChI=1S/C20H20FN3O3S/c1-12-3-5-14(6-4-12)20(25)19-10-9-18(23-19)13(2)16-8-7-15(11-17(16)21)24-28(22,26)27/h3-11,13,23-24H,1-2H3,(H2,22,26,27). The SMILES string of the molecule is Cc1ccc(C(=O)c2ccc(C(C)c3ccc(NS(N)(=O)=O)cc3F)[nH]2)cc1. The summed E-state index contributed by atoms with van der Waals surface area (Å²) in [6.45, 7) is 3.73. The zero-order valence-corrected chi connectivity index (χ0v) is 16.2. The van der Waals surface area contributed by atoms with Crippen molar-refractivity contribution in [2.24, 2.45) is 5.14 Å². The monoisotopic (exact) mass is 401 g/mol. The van der Waals surface area contributed by atoms with Crippen LogP contribution in [0.5, 0.6) is 0 Å². The molecule has 1 atom stereocenters. The Morgan fingerprint density at radius 3 is 2.39 bits per heavy atom. The molecule has 8 heteroatoms. The Kier molecular flexibility index (Phi) is 5.35. The molecular weight excluding hydrogens is 381 g/mol. The first kappa shape index (κ1) is 19.8. The van der Waals surface area contributed by atoms with Crippen LogP contribution in [0.1, 0.15) is 45.7 Å². The maximum Gasteiger partial charge on any atom is 0.296 e. The van der Waals surface area contributed by atoms with Crippen molar-refractivity contribution in [3.8, 4) is 0 Å². The van der Waals surface area contributed by atoms with Crippen molar-refractivity contribution in [3.05, 3.63) is 88.5 Å². The average Bonchev–Trinajstić information content (AvgIpc) is 3.10. The number of hydrogen-bond donors (Lipinski definition) is 3. The third kappa shape index (κ3) is 4.47. The van der Waals surface area contributed by atoms with Crippen LogP contribution in [0, 0.1) is 12.7 Å². The van der Waals surface area contributed by atoms with Crippen LogP contribution in [-0.4, -0.2) is 19.2 Å². The molecule has 0 spiro atoms. The third-order valence-electron chi connectivity index (χ3n) is 4.46. The molecule has 0 aliphatic rings. The molecule has 4 N–H and O–H groups in total. The minimum Gasteiger partial charge on any atom is -0.355 e. The van der Waals surface area contributed by atoms with Gasteiger partial charge in [-0.25, -0.2) is 9.53 Å². The van der Waals surface area contributed by atoms with Crippen LogP contribution < -0.4 is 9.86 Å². The molecule has 0 amide bonds. The number of H-pyrrole nitrogens is 1. The summed E-state index contributed by atoms with van der Waals surface area (Å²) in [4.78, 5) is 15.6. The predicted octanol–water partition coefficient (Wildman–Crippen LogP) is 3.46. The van der Waals surface area contributed by atoms with E-state index in [0.717, 1.165) is 11.6 Å². The van der Waals surface area contributed by atoms with Crippen molar-refractivity contribution in [3.63, 3.8) is 0 Å². The minimum atomic E-state index is -3.97. The molecule has 0 aliphatic carbocycles. The molecule has 2 aromatic carbocycles. The zero-order valence-electron chi connectivity index (χ0n) is 15.4. The molecule has 1 aromatic heterocycles. The van der Waals surface area contributed by atoms with Crippen LogP contribution in [0.4, 0.5) is 10.1 Å². The Labute approximate surface area is 162 Å². The number of ketones is 1. The normalized spacial score (nSPS) is 12.6. The summed E-state index contributed by atoms with van der Waals surface area (Å²) < 4.78 is 38.6. The highest BCUT2D eigenvalue weighted by atomic mass is 32.2. The number of aromatic amines is 1. The summed E-state index contributed by atoms with van der Waals surface area (Å²) in [5.41, 5.74) is 3.11. The number of rotatable bonds is 6. The van der Waals surface area contributed by atoms with E-state index in [2.05, 4.69) is 4.98 Å². The van der Waals surface area contributed by atoms with Gasteiger partial charge in [0.15, 0.2) is 0 Å². The van der Waals surface area contributed by atoms with Crippen LogP contribution in [0.2, 0.25) is 0 Å². The van der Waals surface area contributed by atoms with Crippen LogP contribution in [0.25, 0.3) is 0 Å². The predicted molar refractivity (Wildman–Crippen MR) is 106 cm³/mol. The van der Waals surface area contributed by atoms with E-state index in [1.807, 2.05) is 23.8 Å². The largest absolute Gasteiger partial charge is 0.355 e. The number of anilines is 1. The van der Waals surface area contributed by atoms with Gasteiger partial charge in [0, 0.05) is 17.2 Å². The van der Waals surface area contributed by atoms with E-state index >= 15 is 0 Å². The number of nitrogens with one attached hydrogen (secondary N) is 2. The second kappa shape index (κ2) is 7.57. The lowest BCUT2D eigenvalue weighted by atomic mass is 9.97. The maximum atomic E-state index is 14.5. The highest BCUT2D eigenvalue weighted by molar-refractivity contribution is 7.90. The summed E-state index contributed by atoms with van der Waals surface area (Å²) >= 11 is 0. The highest BCUT2D eigenvalue weighted by Crippen LogP contribution is 2.28. The molecule has 3 rings (SSSR count). The summed E-state index contributed by atoms with van der Waals surface area (Å²) in [5, 5.41) is 4.90. The number of halogens is 1. The lowest BCUT2D eigenvalue weighted by Crippen LogP contribution is -2.21. The van der Waals surface area contributed by atoms with Gasteiger partial charge in [0.05, 0.1) is 11.4 Å². The Bertz CT molecular complexity index is 1120. The Balaban J connectivity index is 1.83. The maximum absolute atomic E-state index is 14.5. The number of carbonyl (C=O) groups is 1. The Hall–Kier alpha value is -2.97. The Morgan fingerprint density at radius 1 is 1.11 bits per heavy atom. The molecule has 0 aliphatic heterocycles. The first-order valence-electron chi connectivity index (χ1n) is 8.54. The van der Waals surface area contributed by atoms with E-state index in [4.69, 9.17) is 5.14 Å². The molecule has 0 saturated heterocycles. The first-order chi connectivity index (χ1) is 13.1. The van der Waals surface area contributed by atoms with Crippen LogP contribution >= 0.6 is 0 Å². The molecule has 146 valence electrons. The molecule has 1 heterocycles. The fourth-order valence-corrected chi connectivity index (χ4v) is 3.39. The van der Waals surface area contributed by atoms with Crippen LogP contribution in [-0.2, 0) is 10.2 Å². The van der Waals surface area contributed by atoms with Crippen molar-refractivity contribution in [1.29, 1.82) is 0 Å². The number of carbonyl (C=O) groups excluding carboxylic acids is 1. The summed E-state index contributed by atoms with van der Waals surface area (Å²) in [6, 6.07) is 14.6. The van der Waals surface area contributed by atoms with Crippen molar-refractivity contribution in [2.75, 3.05) is 4.72 Å². The summed E-state index contributed by atoms with van der Waals surface area (Å²) in [6.07, 6.45) is 0. The van der Waals surface area contributed by atoms with Crippen LogP contribution in [0.3, 0.4) is 0 Å². The highest BCUT2D eigenvalue weighted by Gasteiger charge is 2.18. The van der Waals surface area contributed by atoms with Crippen molar-refractivity contribution in [2.45, 2.75) is 19.8 Å². The Morgan fingerprint density at radius 2 is 1.79 bits per heavy atom. The van der Waals surface area contributed by atoms with Gasteiger partial charge in [-0.1, -0.05) is 42.8 Å². The van der Waals surface area contributed by atoms with E-state index in [-0.39, 0.29) is 17.4 Å². The van der Waals surface area contributed by atoms with Gasteiger partial charge < -0.3 is 4.98 Å². The fourth-order valence-electron chi connectivity index (χ4n) is 2.93. The number of nitrogens with two attached hydrogens (primary N) is 1. The lowest BCUT2D eigenvalue weighted by Gasteiger charge is -2.13. The van der Waals surface area contributed by atoms with Crippen molar-refractivity contribution < 1.29 is 17.6 Å². The number of hydrogen-bond acceptors (Lipinski definition) is 3. The quantitative estimate of drug-likeness (QED) is 0.551. The van der Waals surface area contributed by atoms with Gasteiger partial charge in [-0.3, -0.25) is 9.52 Å². The molecule has 28 heavy (non-hydrogen) atoms. The molecule has 6 nitrogen and oxygen atoms in total. The van der Waals surface area contributed by atoms with Gasteiger partial charge in [-0.05, 0) is 36.8 Å². The third-order valence-corrected chi connectivity index (χ3v) is 4.98. The second-order valence-corrected chi connectivity index (χ2v) is 7.92.